The summed E-state index contributed by atoms with van der Waals surface area (Å²) in [4.78, 5) is 73.8. The molecule has 3 saturated heterocycles. The number of likely N-dealkylation sites (tertiary alicyclic amines) is 1. The van der Waals surface area contributed by atoms with Crippen LogP contribution in [0.1, 0.15) is 114 Å². The first kappa shape index (κ1) is 55.6. The minimum absolute atomic E-state index is 0.0172. The fourth-order valence-corrected chi connectivity index (χ4v) is 13.0. The lowest BCUT2D eigenvalue weighted by Crippen LogP contribution is -2.74. The second-order valence-corrected chi connectivity index (χ2v) is 24.7. The highest BCUT2D eigenvalue weighted by Crippen LogP contribution is 2.55. The fraction of sp³-hybridized carbons (Fsp3) is 0.561. The molecule has 402 valence electrons. The summed E-state index contributed by atoms with van der Waals surface area (Å²) >= 11 is 7.86. The van der Waals surface area contributed by atoms with Gasteiger partial charge in [0, 0.05) is 81.4 Å². The SMILES string of the molecule is Cc1ncsc1-c1ccc([C@H](C)NC(=O)[C@@H]2C[C@@H](O)CN2C(=O)[C@@H](NC(=O)CN2CCN(CCC3CCN(c4ccc(C(=O)NC5C(C)(C)C(Oc6ccc(C#N)c(Cl)c6)C5(C)C)cn4)CC3)CC2)C(C)(C)C)cc1. The molecule has 4 aliphatic rings. The van der Waals surface area contributed by atoms with Gasteiger partial charge in [-0.3, -0.25) is 24.1 Å². The monoisotopic (exact) mass is 1060 g/mol. The van der Waals surface area contributed by atoms with Crippen molar-refractivity contribution in [3.05, 3.63) is 93.7 Å². The summed E-state index contributed by atoms with van der Waals surface area (Å²) in [7, 11) is 0. The third kappa shape index (κ3) is 12.6. The molecule has 75 heavy (non-hydrogen) atoms. The van der Waals surface area contributed by atoms with Crippen LogP contribution in [0.4, 0.5) is 5.82 Å². The van der Waals surface area contributed by atoms with Crippen LogP contribution < -0.4 is 25.6 Å². The molecule has 3 aliphatic heterocycles. The Morgan fingerprint density at radius 2 is 1.61 bits per heavy atom. The van der Waals surface area contributed by atoms with E-state index in [2.05, 4.69) is 69.4 Å². The normalized spacial score (nSPS) is 22.9. The largest absolute Gasteiger partial charge is 0.489 e. The molecule has 1 saturated carbocycles. The van der Waals surface area contributed by atoms with Gasteiger partial charge in [-0.2, -0.15) is 5.26 Å². The first-order valence-corrected chi connectivity index (χ1v) is 27.7. The molecule has 2 aromatic carbocycles. The van der Waals surface area contributed by atoms with E-state index in [0.29, 0.717) is 27.8 Å². The zero-order chi connectivity index (χ0) is 54.0. The van der Waals surface area contributed by atoms with Crippen LogP contribution in [0.2, 0.25) is 5.02 Å². The summed E-state index contributed by atoms with van der Waals surface area (Å²) in [5.41, 5.74) is 4.28. The van der Waals surface area contributed by atoms with Crippen molar-refractivity contribution in [1.82, 2.24) is 40.6 Å². The van der Waals surface area contributed by atoms with Gasteiger partial charge in [-0.05, 0) is 86.4 Å². The molecule has 1 aliphatic carbocycles. The van der Waals surface area contributed by atoms with E-state index >= 15 is 0 Å². The number of anilines is 1. The summed E-state index contributed by atoms with van der Waals surface area (Å²) < 4.78 is 6.39. The molecule has 4 atom stereocenters. The lowest BCUT2D eigenvalue weighted by Gasteiger charge is -2.63. The quantitative estimate of drug-likeness (QED) is 0.0880. The Labute approximate surface area is 451 Å². The Morgan fingerprint density at radius 3 is 2.21 bits per heavy atom. The highest BCUT2D eigenvalue weighted by Gasteiger charge is 2.64. The van der Waals surface area contributed by atoms with Crippen molar-refractivity contribution in [3.8, 4) is 22.3 Å². The minimum atomic E-state index is -0.891. The molecule has 4 fully saturated rings. The van der Waals surface area contributed by atoms with Crippen molar-refractivity contribution in [2.45, 2.75) is 124 Å². The number of benzene rings is 2. The van der Waals surface area contributed by atoms with Gasteiger partial charge in [-0.25, -0.2) is 9.97 Å². The van der Waals surface area contributed by atoms with E-state index < -0.39 is 23.6 Å². The Morgan fingerprint density at radius 1 is 0.933 bits per heavy atom. The molecule has 0 unspecified atom stereocenters. The lowest BCUT2D eigenvalue weighted by molar-refractivity contribution is -0.164. The van der Waals surface area contributed by atoms with E-state index in [-0.39, 0.29) is 72.2 Å². The molecular weight excluding hydrogens is 988 g/mol. The molecule has 0 bridgehead atoms. The number of β-amino-alcohol motifs (C(OH)–C–C–N with tert-alkyl or cyclic N) is 1. The van der Waals surface area contributed by atoms with Crippen LogP contribution in [0, 0.1) is 40.4 Å². The number of piperidine rings is 1. The van der Waals surface area contributed by atoms with Gasteiger partial charge in [0.1, 0.15) is 35.8 Å². The summed E-state index contributed by atoms with van der Waals surface area (Å²) in [5, 5.41) is 29.7. The maximum atomic E-state index is 14.3. The highest BCUT2D eigenvalue weighted by molar-refractivity contribution is 7.13. The molecule has 4 amide bonds. The van der Waals surface area contributed by atoms with E-state index in [9.17, 15) is 29.5 Å². The molecule has 8 rings (SSSR count). The summed E-state index contributed by atoms with van der Waals surface area (Å²) in [6, 6.07) is 16.7. The van der Waals surface area contributed by atoms with Crippen molar-refractivity contribution >= 4 is 52.4 Å². The topological polar surface area (TPSA) is 196 Å². The Hall–Kier alpha value is -5.64. The van der Waals surface area contributed by atoms with E-state index in [1.165, 1.54) is 4.90 Å². The number of halogens is 1. The van der Waals surface area contributed by atoms with Gasteiger partial charge >= 0.3 is 0 Å². The molecule has 18 heteroatoms. The fourth-order valence-electron chi connectivity index (χ4n) is 11.9. The average molecular weight is 1060 g/mol. The van der Waals surface area contributed by atoms with Crippen LogP contribution in [0.5, 0.6) is 5.75 Å². The highest BCUT2D eigenvalue weighted by atomic mass is 35.5. The van der Waals surface area contributed by atoms with E-state index in [0.717, 1.165) is 92.6 Å². The van der Waals surface area contributed by atoms with Crippen LogP contribution in [0.3, 0.4) is 0 Å². The second kappa shape index (κ2) is 22.9. The zero-order valence-corrected chi connectivity index (χ0v) is 46.6. The standard InChI is InChI=1S/C57H75ClN10O6S/c1-35(38-10-12-39(13-11-38)48-36(2)61-34-75-48)62-51(72)45-28-42(69)32-68(45)52(73)49(55(3,4)5)63-47(70)33-66-26-24-65(25-27-66)21-18-37-19-22-67(23-20-37)46-17-15-41(31-60-46)50(71)64-53-56(6,7)54(57(53,8)9)74-43-16-14-40(30-59)44(58)29-43/h10-17,29,31,34-35,37,42,45,49,53-54,69H,18-28,32-33H2,1-9H3,(H,62,72)(H,63,70)(H,64,71)/t35-,42+,45-,49+,53?,54?/m0/s1. The van der Waals surface area contributed by atoms with Crippen molar-refractivity contribution < 1.29 is 29.0 Å². The van der Waals surface area contributed by atoms with E-state index in [1.807, 2.05) is 76.5 Å². The van der Waals surface area contributed by atoms with Gasteiger partial charge in [-0.1, -0.05) is 84.3 Å². The third-order valence-electron chi connectivity index (χ3n) is 16.1. The van der Waals surface area contributed by atoms with Crippen molar-refractivity contribution in [1.29, 1.82) is 5.26 Å². The number of nitriles is 1. The predicted molar refractivity (Wildman–Crippen MR) is 292 cm³/mol. The van der Waals surface area contributed by atoms with Crippen LogP contribution in [-0.4, -0.2) is 143 Å². The van der Waals surface area contributed by atoms with Crippen molar-refractivity contribution in [2.75, 3.05) is 63.8 Å². The number of aromatic nitrogens is 2. The molecule has 16 nitrogen and oxygen atoms in total. The predicted octanol–water partition coefficient (Wildman–Crippen LogP) is 7.24. The number of carbonyl (C=O) groups excluding carboxylic acids is 4. The van der Waals surface area contributed by atoms with Crippen LogP contribution in [0.25, 0.3) is 10.4 Å². The molecule has 2 aromatic heterocycles. The number of carbonyl (C=O) groups is 4. The number of thiazole rings is 1. The van der Waals surface area contributed by atoms with Gasteiger partial charge in [0.25, 0.3) is 5.91 Å². The number of nitrogens with zero attached hydrogens (tertiary/aromatic N) is 7. The number of pyridine rings is 1. The lowest BCUT2D eigenvalue weighted by atomic mass is 9.49. The number of hydrogen-bond acceptors (Lipinski definition) is 13. The summed E-state index contributed by atoms with van der Waals surface area (Å²) in [6.45, 7) is 24.1. The van der Waals surface area contributed by atoms with Crippen LogP contribution in [-0.2, 0) is 14.4 Å². The Kier molecular flexibility index (Phi) is 17.0. The van der Waals surface area contributed by atoms with Crippen LogP contribution >= 0.6 is 22.9 Å². The van der Waals surface area contributed by atoms with Gasteiger partial charge in [-0.15, -0.1) is 11.3 Å². The first-order chi connectivity index (χ1) is 35.5. The smallest absolute Gasteiger partial charge is 0.253 e. The number of aryl methyl sites for hydroxylation is 1. The number of nitrogens with one attached hydrogen (secondary N) is 3. The third-order valence-corrected chi connectivity index (χ3v) is 17.4. The zero-order valence-electron chi connectivity index (χ0n) is 45.0. The van der Waals surface area contributed by atoms with Crippen molar-refractivity contribution in [2.24, 2.45) is 22.2 Å². The average Bonchev–Trinajstić information content (AvgIpc) is 4.00. The maximum absolute atomic E-state index is 14.3. The Balaban J connectivity index is 0.743. The summed E-state index contributed by atoms with van der Waals surface area (Å²) in [5.74, 6) is 0.935. The van der Waals surface area contributed by atoms with E-state index in [1.54, 1.807) is 35.7 Å². The number of rotatable bonds is 16. The molecule has 4 N–H and O–H groups in total. The van der Waals surface area contributed by atoms with Gasteiger partial charge in [0.05, 0.1) is 50.9 Å². The second-order valence-electron chi connectivity index (χ2n) is 23.4. The molecule has 5 heterocycles. The molecule has 4 aromatic rings. The number of ether oxygens (including phenoxy) is 1. The van der Waals surface area contributed by atoms with Crippen molar-refractivity contribution in [3.63, 3.8) is 0 Å². The number of aliphatic hydroxyl groups is 1. The number of hydrogen-bond donors (Lipinski definition) is 4. The Bertz CT molecular complexity index is 2710. The maximum Gasteiger partial charge on any atom is 0.253 e. The molecule has 0 radical (unpaired) electrons. The molecular formula is C57H75ClN10O6S. The van der Waals surface area contributed by atoms with Gasteiger partial charge < -0.3 is 40.5 Å². The summed E-state index contributed by atoms with van der Waals surface area (Å²) in [6.07, 6.45) is 3.96. The van der Waals surface area contributed by atoms with Gasteiger partial charge in [0.2, 0.25) is 17.7 Å². The number of aliphatic hydroxyl groups excluding tert-OH is 1. The molecule has 0 spiro atoms. The number of piperazine rings is 1. The van der Waals surface area contributed by atoms with Crippen LogP contribution in [0.15, 0.2) is 66.3 Å². The first-order valence-electron chi connectivity index (χ1n) is 26.4. The minimum Gasteiger partial charge on any atom is -0.489 e. The number of amides is 4. The van der Waals surface area contributed by atoms with Gasteiger partial charge in [0.15, 0.2) is 0 Å². The van der Waals surface area contributed by atoms with E-state index in [4.69, 9.17) is 21.3 Å².